The number of fused-ring (bicyclic) bond motifs is 2. The van der Waals surface area contributed by atoms with Gasteiger partial charge in [0.1, 0.15) is 29.9 Å². The molecule has 0 aromatic heterocycles. The van der Waals surface area contributed by atoms with Crippen LogP contribution in [0.5, 0.6) is 5.75 Å². The molecule has 3 amide bonds. The van der Waals surface area contributed by atoms with E-state index in [-0.39, 0.29) is 87.2 Å². The van der Waals surface area contributed by atoms with Gasteiger partial charge >= 0.3 is 23.9 Å². The van der Waals surface area contributed by atoms with Crippen LogP contribution in [0.3, 0.4) is 0 Å². The number of Topliss-reactive ketones (excluding diaryl/α,β-unsaturated/α-hetero) is 2. The molecule has 4 aromatic carbocycles. The second-order valence-electron chi connectivity index (χ2n) is 26.2. The number of urea groups is 1. The van der Waals surface area contributed by atoms with Crippen LogP contribution in [0.25, 0.3) is 0 Å². The number of carboxylic acids is 3. The predicted molar refractivity (Wildman–Crippen MR) is 368 cm³/mol. The van der Waals surface area contributed by atoms with Crippen molar-refractivity contribution in [2.45, 2.75) is 192 Å². The molecule has 4 aromatic rings. The summed E-state index contributed by atoms with van der Waals surface area (Å²) in [6.07, 6.45) is 17.4. The zero-order valence-corrected chi connectivity index (χ0v) is 56.5. The molecule has 19 nitrogen and oxygen atoms in total. The second kappa shape index (κ2) is 35.3. The van der Waals surface area contributed by atoms with Crippen LogP contribution in [0.4, 0.5) is 16.2 Å². The average molecular weight is 1320 g/mol. The lowest BCUT2D eigenvalue weighted by molar-refractivity contribution is -0.438. The molecule has 7 N–H and O–H groups in total. The average Bonchev–Trinajstić information content (AvgIpc) is 1.61. The van der Waals surface area contributed by atoms with E-state index in [1.807, 2.05) is 66.7 Å². The van der Waals surface area contributed by atoms with Crippen LogP contribution in [-0.2, 0) is 62.6 Å². The van der Waals surface area contributed by atoms with Crippen molar-refractivity contribution in [2.24, 2.45) is 5.92 Å². The van der Waals surface area contributed by atoms with Crippen molar-refractivity contribution < 1.29 is 71.2 Å². The Kier molecular flexibility index (Phi) is 27.5. The van der Waals surface area contributed by atoms with E-state index in [0.29, 0.717) is 56.4 Å². The maximum Gasteiger partial charge on any atom is 0.326 e. The largest absolute Gasteiger partial charge is 0.481 e. The van der Waals surface area contributed by atoms with Crippen molar-refractivity contribution in [3.8, 4) is 5.75 Å². The number of allylic oxidation sites excluding steroid dienone is 7. The second-order valence-corrected chi connectivity index (χ2v) is 27.8. The van der Waals surface area contributed by atoms with Gasteiger partial charge in [0.2, 0.25) is 11.6 Å². The summed E-state index contributed by atoms with van der Waals surface area (Å²) >= 11 is 0. The number of carboxylic acid groups (broad SMARTS) is 3. The van der Waals surface area contributed by atoms with Crippen molar-refractivity contribution in [2.75, 3.05) is 30.3 Å². The zero-order chi connectivity index (χ0) is 68.7. The first-order valence-electron chi connectivity index (χ1n) is 33.6. The van der Waals surface area contributed by atoms with Crippen LogP contribution in [-0.4, -0.2) is 117 Å². The van der Waals surface area contributed by atoms with Crippen molar-refractivity contribution in [3.05, 3.63) is 172 Å². The molecule has 0 saturated carbocycles. The molecular weight excluding hydrogens is 1230 g/mol. The number of unbranched alkanes of at least 4 members (excludes halogenated alkanes) is 6. The molecule has 0 saturated heterocycles. The van der Waals surface area contributed by atoms with E-state index in [1.54, 1.807) is 0 Å². The van der Waals surface area contributed by atoms with Crippen molar-refractivity contribution in [1.82, 2.24) is 16.0 Å². The van der Waals surface area contributed by atoms with Gasteiger partial charge in [0.25, 0.3) is 10.1 Å². The fourth-order valence-corrected chi connectivity index (χ4v) is 13.5. The van der Waals surface area contributed by atoms with Gasteiger partial charge in [-0.25, -0.2) is 9.59 Å². The third-order valence-corrected chi connectivity index (χ3v) is 19.0. The van der Waals surface area contributed by atoms with Gasteiger partial charge in [-0.15, -0.1) is 0 Å². The SMILES string of the molecule is CCCCC[N+]1=C(C=CC2=C(Oc3ccc(C[C@H](CC(=O)[C@H](Cc4ccccc4)NC(=O)CCCCCCC(=O)CC[C@H](NC(=O)NCCCC(=O)O)C(=O)O)C(=O)O)cc3)C(=CC=C3N(CCCCS(=O)(=O)O)c4ccccc4C3(C)C)CCC2)C(C)(C)c2ccccc21. The number of hydrogen-bond donors (Lipinski definition) is 7. The van der Waals surface area contributed by atoms with E-state index in [0.717, 1.165) is 84.5 Å². The van der Waals surface area contributed by atoms with Gasteiger partial charge in [-0.3, -0.25) is 28.5 Å². The van der Waals surface area contributed by atoms with Gasteiger partial charge in [-0.1, -0.05) is 125 Å². The molecule has 0 spiro atoms. The van der Waals surface area contributed by atoms with Gasteiger partial charge in [0.05, 0.1) is 23.1 Å². The number of aliphatic carboxylic acids is 3. The van der Waals surface area contributed by atoms with Crippen LogP contribution >= 0.6 is 0 Å². The molecule has 0 fully saturated rings. The number of benzene rings is 4. The summed E-state index contributed by atoms with van der Waals surface area (Å²) in [7, 11) is -4.11. The minimum atomic E-state index is -4.11. The Morgan fingerprint density at radius 1 is 0.663 bits per heavy atom. The van der Waals surface area contributed by atoms with Gasteiger partial charge in [-0.2, -0.15) is 13.0 Å². The number of carbonyl (C=O) groups is 7. The molecule has 3 aliphatic rings. The van der Waals surface area contributed by atoms with Crippen molar-refractivity contribution in [3.63, 3.8) is 0 Å². The standard InChI is InChI=1S/C75H95N5O14S/c1-6-7-19-46-79-63-31-17-15-29-59(63)74(2,3)66(79)43-37-54-26-22-27-55(38-44-67-75(4,5)60-30-16-18-32-64(60)80(67)47-20-21-48-95(91,92)93)70(54)94-58-40-35-53(36-41-58)49-56(71(86)87)51-65(82)62(50-52-24-11-10-12-25-52)77-68(83)33-14-9-8-13-28-57(81)39-42-61(72(88)89)78-73(90)76-45-23-34-69(84)85/h10-12,15-18,24-25,29-32,35-38,40-41,43-44,56,61-62H,6-9,13-14,19-23,26-28,33-34,39,42,45-51H2,1-5H3,(H6-,76,77,78,83,84,85,86,87,88,89,90,91,92,93)/p+1/t56-,61+,62+/m1/s1. The highest BCUT2D eigenvalue weighted by Gasteiger charge is 2.44. The highest BCUT2D eigenvalue weighted by molar-refractivity contribution is 7.85. The number of nitrogens with one attached hydrogen (secondary N) is 3. The van der Waals surface area contributed by atoms with Gasteiger partial charge < -0.3 is 40.9 Å². The number of hydrogen-bond acceptors (Lipinski definition) is 11. The molecule has 1 aliphatic carbocycles. The molecule has 7 rings (SSSR count). The van der Waals surface area contributed by atoms with E-state index in [2.05, 4.69) is 121 Å². The topological polar surface area (TPSA) is 286 Å². The third kappa shape index (κ3) is 21.8. The molecule has 0 bridgehead atoms. The number of amides is 3. The monoisotopic (exact) mass is 1320 g/mol. The molecule has 20 heteroatoms. The molecule has 3 atom stereocenters. The Balaban J connectivity index is 1.04. The Morgan fingerprint density at radius 3 is 2.04 bits per heavy atom. The van der Waals surface area contributed by atoms with Gasteiger partial charge in [-0.05, 0) is 149 Å². The molecule has 0 radical (unpaired) electrons. The summed E-state index contributed by atoms with van der Waals surface area (Å²) in [6.45, 7) is 12.6. The van der Waals surface area contributed by atoms with Crippen LogP contribution in [0, 0.1) is 5.92 Å². The van der Waals surface area contributed by atoms with Crippen molar-refractivity contribution in [1.29, 1.82) is 0 Å². The first kappa shape index (κ1) is 73.9. The van der Waals surface area contributed by atoms with Crippen LogP contribution < -0.4 is 25.6 Å². The number of ether oxygens (including phenoxy) is 1. The number of rotatable bonds is 39. The van der Waals surface area contributed by atoms with E-state index in [1.165, 1.54) is 17.0 Å². The number of ketones is 2. The first-order valence-corrected chi connectivity index (χ1v) is 35.2. The zero-order valence-electron chi connectivity index (χ0n) is 55.7. The van der Waals surface area contributed by atoms with Crippen molar-refractivity contribution >= 4 is 68.6 Å². The van der Waals surface area contributed by atoms with Gasteiger partial charge in [0, 0.05) is 86.1 Å². The lowest BCUT2D eigenvalue weighted by Crippen LogP contribution is -2.46. The Bertz CT molecular complexity index is 3640. The predicted octanol–water partition coefficient (Wildman–Crippen LogP) is 12.8. The van der Waals surface area contributed by atoms with E-state index in [9.17, 15) is 56.7 Å². The maximum absolute atomic E-state index is 14.3. The lowest BCUT2D eigenvalue weighted by atomic mass is 9.81. The fourth-order valence-electron chi connectivity index (χ4n) is 12.9. The highest BCUT2D eigenvalue weighted by atomic mass is 32.2. The first-order chi connectivity index (χ1) is 45.4. The van der Waals surface area contributed by atoms with Gasteiger partial charge in [0.15, 0.2) is 11.5 Å². The summed E-state index contributed by atoms with van der Waals surface area (Å²) in [5.41, 5.74) is 9.76. The fraction of sp³-hybridized carbons (Fsp3) is 0.467. The molecule has 2 heterocycles. The molecule has 510 valence electrons. The smallest absolute Gasteiger partial charge is 0.326 e. The van der Waals surface area contributed by atoms with Crippen LogP contribution in [0.15, 0.2) is 150 Å². The van der Waals surface area contributed by atoms with Crippen LogP contribution in [0.1, 0.15) is 179 Å². The highest BCUT2D eigenvalue weighted by Crippen LogP contribution is 2.48. The maximum atomic E-state index is 14.3. The summed E-state index contributed by atoms with van der Waals surface area (Å²) in [4.78, 5) is 90.2. The lowest BCUT2D eigenvalue weighted by Gasteiger charge is -2.27. The van der Waals surface area contributed by atoms with E-state index < -0.39 is 63.3 Å². The van der Waals surface area contributed by atoms with Crippen LogP contribution in [0.2, 0.25) is 0 Å². The Labute approximate surface area is 559 Å². The molecule has 95 heavy (non-hydrogen) atoms. The number of carbonyl (C=O) groups excluding carboxylic acids is 4. The molecular formula is C75H96N5O14S+. The summed E-state index contributed by atoms with van der Waals surface area (Å²) in [5.74, 6) is -4.59. The number of para-hydroxylation sites is 2. The third-order valence-electron chi connectivity index (χ3n) is 18.2. The number of anilines is 1. The Morgan fingerprint density at radius 2 is 1.35 bits per heavy atom. The summed E-state index contributed by atoms with van der Waals surface area (Å²) < 4.78 is 42.4. The normalized spacial score (nSPS) is 16.7. The molecule has 0 unspecified atom stereocenters. The minimum absolute atomic E-state index is 0.0348. The Hall–Kier alpha value is -8.49. The quantitative estimate of drug-likeness (QED) is 0.0124. The van der Waals surface area contributed by atoms with E-state index in [4.69, 9.17) is 9.84 Å². The minimum Gasteiger partial charge on any atom is -0.481 e. The summed E-state index contributed by atoms with van der Waals surface area (Å²) in [5, 5.41) is 36.6. The number of nitrogens with zero attached hydrogens (tertiary/aromatic N) is 2. The molecule has 2 aliphatic heterocycles. The summed E-state index contributed by atoms with van der Waals surface area (Å²) in [6, 6.07) is 30.3. The van der Waals surface area contributed by atoms with E-state index >= 15 is 0 Å².